The number of aliphatic imine (C=N–C) groups is 1. The van der Waals surface area contributed by atoms with E-state index < -0.39 is 0 Å². The summed E-state index contributed by atoms with van der Waals surface area (Å²) >= 11 is 2.06. The van der Waals surface area contributed by atoms with E-state index in [9.17, 15) is 4.79 Å². The normalized spacial score (nSPS) is 18.3. The van der Waals surface area contributed by atoms with E-state index in [0.29, 0.717) is 30.0 Å². The van der Waals surface area contributed by atoms with Crippen LogP contribution in [0.5, 0.6) is 0 Å². The SMILES string of the molecule is CCNC(=NCCCNC(=O)c1occc1C)N1CCSC(C(C)C)C1. The van der Waals surface area contributed by atoms with E-state index in [2.05, 4.69) is 48.1 Å². The molecule has 0 radical (unpaired) electrons. The number of rotatable bonds is 7. The highest BCUT2D eigenvalue weighted by atomic mass is 32.2. The largest absolute Gasteiger partial charge is 0.459 e. The number of furan rings is 1. The molecule has 0 aliphatic carbocycles. The zero-order valence-electron chi connectivity index (χ0n) is 16.4. The Morgan fingerprint density at radius 3 is 2.92 bits per heavy atom. The highest BCUT2D eigenvalue weighted by Crippen LogP contribution is 2.24. The molecule has 1 aromatic rings. The van der Waals surface area contributed by atoms with Crippen molar-refractivity contribution in [1.82, 2.24) is 15.5 Å². The van der Waals surface area contributed by atoms with Gasteiger partial charge in [-0.05, 0) is 32.3 Å². The Morgan fingerprint density at radius 1 is 1.46 bits per heavy atom. The number of thioether (sulfide) groups is 1. The first-order chi connectivity index (χ1) is 12.5. The number of guanidine groups is 1. The predicted octanol–water partition coefficient (Wildman–Crippen LogP) is 2.75. The summed E-state index contributed by atoms with van der Waals surface area (Å²) in [5.74, 6) is 3.05. The van der Waals surface area contributed by atoms with Crippen LogP contribution in [0.3, 0.4) is 0 Å². The summed E-state index contributed by atoms with van der Waals surface area (Å²) in [6.07, 6.45) is 2.34. The fourth-order valence-corrected chi connectivity index (χ4v) is 4.15. The zero-order valence-corrected chi connectivity index (χ0v) is 17.2. The molecule has 1 unspecified atom stereocenters. The molecule has 2 rings (SSSR count). The number of hydrogen-bond acceptors (Lipinski definition) is 4. The molecule has 1 aliphatic heterocycles. The second-order valence-electron chi connectivity index (χ2n) is 6.88. The number of aryl methyl sites for hydroxylation is 1. The molecule has 146 valence electrons. The third kappa shape index (κ3) is 5.97. The third-order valence-corrected chi connectivity index (χ3v) is 5.96. The number of amides is 1. The van der Waals surface area contributed by atoms with Gasteiger partial charge in [-0.2, -0.15) is 11.8 Å². The monoisotopic (exact) mass is 380 g/mol. The molecule has 0 spiro atoms. The molecule has 0 saturated carbocycles. The van der Waals surface area contributed by atoms with Gasteiger partial charge in [0.2, 0.25) is 0 Å². The van der Waals surface area contributed by atoms with E-state index in [1.807, 2.05) is 6.92 Å². The summed E-state index contributed by atoms with van der Waals surface area (Å²) in [5, 5.41) is 6.96. The van der Waals surface area contributed by atoms with Crippen LogP contribution in [-0.4, -0.2) is 60.5 Å². The maximum Gasteiger partial charge on any atom is 0.287 e. The molecule has 1 amide bonds. The van der Waals surface area contributed by atoms with Gasteiger partial charge in [0, 0.05) is 49.3 Å². The van der Waals surface area contributed by atoms with Crippen LogP contribution in [0.4, 0.5) is 0 Å². The summed E-state index contributed by atoms with van der Waals surface area (Å²) in [5.41, 5.74) is 0.859. The Morgan fingerprint density at radius 2 is 2.27 bits per heavy atom. The zero-order chi connectivity index (χ0) is 18.9. The highest BCUT2D eigenvalue weighted by Gasteiger charge is 2.24. The van der Waals surface area contributed by atoms with Crippen LogP contribution in [0.25, 0.3) is 0 Å². The Hall–Kier alpha value is -1.63. The number of carbonyl (C=O) groups is 1. The summed E-state index contributed by atoms with van der Waals surface area (Å²) < 4.78 is 5.20. The van der Waals surface area contributed by atoms with Crippen molar-refractivity contribution < 1.29 is 9.21 Å². The van der Waals surface area contributed by atoms with E-state index in [1.165, 1.54) is 0 Å². The lowest BCUT2D eigenvalue weighted by atomic mass is 10.1. The first kappa shape index (κ1) is 20.7. The molecule has 1 aromatic heterocycles. The van der Waals surface area contributed by atoms with Gasteiger partial charge in [-0.3, -0.25) is 9.79 Å². The second kappa shape index (κ2) is 10.5. The fraction of sp³-hybridized carbons (Fsp3) is 0.684. The quantitative estimate of drug-likeness (QED) is 0.432. The van der Waals surface area contributed by atoms with Crippen LogP contribution in [0.1, 0.15) is 43.3 Å². The average molecular weight is 381 g/mol. The average Bonchev–Trinajstić information content (AvgIpc) is 3.06. The molecule has 1 aliphatic rings. The molecule has 1 fully saturated rings. The third-order valence-electron chi connectivity index (χ3n) is 4.42. The molecule has 26 heavy (non-hydrogen) atoms. The topological polar surface area (TPSA) is 69.9 Å². The maximum atomic E-state index is 12.0. The molecular formula is C19H32N4O2S. The molecule has 6 nitrogen and oxygen atoms in total. The van der Waals surface area contributed by atoms with Crippen molar-refractivity contribution in [3.8, 4) is 0 Å². The number of nitrogens with zero attached hydrogens (tertiary/aromatic N) is 2. The molecule has 2 N–H and O–H groups in total. The van der Waals surface area contributed by atoms with E-state index in [1.54, 1.807) is 12.3 Å². The van der Waals surface area contributed by atoms with Gasteiger partial charge in [0.25, 0.3) is 5.91 Å². The van der Waals surface area contributed by atoms with Gasteiger partial charge in [0.05, 0.1) is 6.26 Å². The first-order valence-corrected chi connectivity index (χ1v) is 10.5. The Kier molecular flexibility index (Phi) is 8.35. The molecule has 0 aromatic carbocycles. The number of hydrogen-bond donors (Lipinski definition) is 2. The van der Waals surface area contributed by atoms with Gasteiger partial charge in [0.1, 0.15) is 0 Å². The van der Waals surface area contributed by atoms with Crippen molar-refractivity contribution in [3.63, 3.8) is 0 Å². The first-order valence-electron chi connectivity index (χ1n) is 9.50. The van der Waals surface area contributed by atoms with Gasteiger partial charge in [-0.1, -0.05) is 13.8 Å². The second-order valence-corrected chi connectivity index (χ2v) is 8.22. The fourth-order valence-electron chi connectivity index (χ4n) is 2.85. The Bertz CT molecular complexity index is 600. The van der Waals surface area contributed by atoms with Crippen LogP contribution in [-0.2, 0) is 0 Å². The molecule has 0 bridgehead atoms. The van der Waals surface area contributed by atoms with Gasteiger partial charge in [-0.25, -0.2) is 0 Å². The minimum Gasteiger partial charge on any atom is -0.459 e. The van der Waals surface area contributed by atoms with Crippen molar-refractivity contribution in [3.05, 3.63) is 23.7 Å². The lowest BCUT2D eigenvalue weighted by molar-refractivity contribution is 0.0925. The summed E-state index contributed by atoms with van der Waals surface area (Å²) in [7, 11) is 0. The van der Waals surface area contributed by atoms with E-state index in [0.717, 1.165) is 43.3 Å². The smallest absolute Gasteiger partial charge is 0.287 e. The van der Waals surface area contributed by atoms with Crippen molar-refractivity contribution in [2.75, 3.05) is 38.5 Å². The van der Waals surface area contributed by atoms with Crippen LogP contribution < -0.4 is 10.6 Å². The van der Waals surface area contributed by atoms with Gasteiger partial charge < -0.3 is 20.0 Å². The van der Waals surface area contributed by atoms with Gasteiger partial charge >= 0.3 is 0 Å². The highest BCUT2D eigenvalue weighted by molar-refractivity contribution is 8.00. The van der Waals surface area contributed by atoms with E-state index in [-0.39, 0.29) is 5.91 Å². The Labute approximate surface area is 161 Å². The van der Waals surface area contributed by atoms with Crippen LogP contribution in [0, 0.1) is 12.8 Å². The summed E-state index contributed by atoms with van der Waals surface area (Å²) in [6, 6.07) is 1.79. The minimum absolute atomic E-state index is 0.156. The number of nitrogens with one attached hydrogen (secondary N) is 2. The Balaban J connectivity index is 1.79. The summed E-state index contributed by atoms with van der Waals surface area (Å²) in [6.45, 7) is 12.8. The number of carbonyl (C=O) groups excluding carboxylic acids is 1. The van der Waals surface area contributed by atoms with Crippen molar-refractivity contribution in [2.45, 2.75) is 39.4 Å². The van der Waals surface area contributed by atoms with E-state index in [4.69, 9.17) is 9.41 Å². The standard InChI is InChI=1S/C19H32N4O2S/c1-5-20-19(23-10-12-26-16(13-23)14(2)3)22-9-6-8-21-18(24)17-15(4)7-11-25-17/h7,11,14,16H,5-6,8-10,12-13H2,1-4H3,(H,20,22)(H,21,24). The molecule has 7 heteroatoms. The molecular weight excluding hydrogens is 348 g/mol. The lowest BCUT2D eigenvalue weighted by Gasteiger charge is -2.36. The summed E-state index contributed by atoms with van der Waals surface area (Å²) in [4.78, 5) is 19.1. The predicted molar refractivity (Wildman–Crippen MR) is 109 cm³/mol. The van der Waals surface area contributed by atoms with Crippen molar-refractivity contribution in [1.29, 1.82) is 0 Å². The minimum atomic E-state index is -0.156. The van der Waals surface area contributed by atoms with Crippen LogP contribution in [0.15, 0.2) is 21.7 Å². The molecule has 1 atom stereocenters. The molecule has 2 heterocycles. The lowest BCUT2D eigenvalue weighted by Crippen LogP contribution is -2.49. The van der Waals surface area contributed by atoms with Crippen LogP contribution in [0.2, 0.25) is 0 Å². The maximum absolute atomic E-state index is 12.0. The van der Waals surface area contributed by atoms with Crippen molar-refractivity contribution >= 4 is 23.6 Å². The van der Waals surface area contributed by atoms with Crippen LogP contribution >= 0.6 is 11.8 Å². The molecule has 1 saturated heterocycles. The van der Waals surface area contributed by atoms with Gasteiger partial charge in [0.15, 0.2) is 11.7 Å². The van der Waals surface area contributed by atoms with Gasteiger partial charge in [-0.15, -0.1) is 0 Å². The van der Waals surface area contributed by atoms with Crippen molar-refractivity contribution in [2.24, 2.45) is 10.9 Å². The van der Waals surface area contributed by atoms with E-state index >= 15 is 0 Å².